The molecule has 0 atom stereocenters. The summed E-state index contributed by atoms with van der Waals surface area (Å²) in [6.07, 6.45) is 3.72. The van der Waals surface area contributed by atoms with E-state index >= 15 is 0 Å². The molecule has 1 aliphatic heterocycles. The summed E-state index contributed by atoms with van der Waals surface area (Å²) in [6, 6.07) is 7.77. The van der Waals surface area contributed by atoms with E-state index in [9.17, 15) is 4.79 Å². The topological polar surface area (TPSA) is 20.3 Å². The predicted octanol–water partition coefficient (Wildman–Crippen LogP) is 4.17. The molecule has 1 aromatic carbocycles. The monoisotopic (exact) mass is 293 g/mol. The summed E-state index contributed by atoms with van der Waals surface area (Å²) < 4.78 is 0. The molecule has 1 saturated heterocycles. The van der Waals surface area contributed by atoms with E-state index in [1.807, 2.05) is 29.2 Å². The molecule has 0 N–H and O–H groups in total. The van der Waals surface area contributed by atoms with Crippen LogP contribution < -0.4 is 0 Å². The van der Waals surface area contributed by atoms with Crippen molar-refractivity contribution >= 4 is 17.5 Å². The molecule has 110 valence electrons. The minimum atomic E-state index is 0.294. The molecule has 0 aliphatic carbocycles. The third kappa shape index (κ3) is 4.24. The number of amides is 1. The van der Waals surface area contributed by atoms with Crippen LogP contribution in [-0.2, 0) is 11.2 Å². The van der Waals surface area contributed by atoms with Crippen molar-refractivity contribution in [2.24, 2.45) is 11.8 Å². The number of piperidine rings is 1. The van der Waals surface area contributed by atoms with Crippen LogP contribution in [0.5, 0.6) is 0 Å². The molecule has 1 aromatic rings. The normalized spacial score (nSPS) is 16.7. The Hall–Kier alpha value is -1.02. The third-order valence-corrected chi connectivity index (χ3v) is 4.63. The van der Waals surface area contributed by atoms with Crippen LogP contribution in [0.4, 0.5) is 0 Å². The SMILES string of the molecule is CC(C)C1CCN(C(=O)CCc2ccc(Cl)cc2)CC1. The van der Waals surface area contributed by atoms with Crippen LogP contribution in [0.1, 0.15) is 38.7 Å². The fourth-order valence-electron chi connectivity index (χ4n) is 2.88. The van der Waals surface area contributed by atoms with Crippen molar-refractivity contribution in [2.75, 3.05) is 13.1 Å². The smallest absolute Gasteiger partial charge is 0.222 e. The maximum atomic E-state index is 12.2. The van der Waals surface area contributed by atoms with Crippen molar-refractivity contribution in [1.82, 2.24) is 4.90 Å². The summed E-state index contributed by atoms with van der Waals surface area (Å²) in [7, 11) is 0. The summed E-state index contributed by atoms with van der Waals surface area (Å²) in [5, 5.41) is 0.746. The van der Waals surface area contributed by atoms with E-state index < -0.39 is 0 Å². The molecule has 2 rings (SSSR count). The molecule has 20 heavy (non-hydrogen) atoms. The Morgan fingerprint density at radius 1 is 1.25 bits per heavy atom. The molecule has 0 bridgehead atoms. The van der Waals surface area contributed by atoms with Gasteiger partial charge in [-0.15, -0.1) is 0 Å². The average Bonchev–Trinajstić information content (AvgIpc) is 2.46. The average molecular weight is 294 g/mol. The second-order valence-electron chi connectivity index (χ2n) is 6.09. The molecule has 0 unspecified atom stereocenters. The molecule has 0 saturated carbocycles. The predicted molar refractivity (Wildman–Crippen MR) is 83.9 cm³/mol. The lowest BCUT2D eigenvalue weighted by Gasteiger charge is -2.34. The van der Waals surface area contributed by atoms with Crippen LogP contribution in [0.2, 0.25) is 5.02 Å². The number of hydrogen-bond donors (Lipinski definition) is 0. The fraction of sp³-hybridized carbons (Fsp3) is 0.588. The lowest BCUT2D eigenvalue weighted by Crippen LogP contribution is -2.39. The van der Waals surface area contributed by atoms with Gasteiger partial charge < -0.3 is 4.90 Å². The van der Waals surface area contributed by atoms with Crippen molar-refractivity contribution in [3.05, 3.63) is 34.9 Å². The van der Waals surface area contributed by atoms with E-state index in [-0.39, 0.29) is 0 Å². The van der Waals surface area contributed by atoms with Crippen molar-refractivity contribution in [1.29, 1.82) is 0 Å². The van der Waals surface area contributed by atoms with E-state index in [1.165, 1.54) is 5.56 Å². The summed E-state index contributed by atoms with van der Waals surface area (Å²) in [5.74, 6) is 1.82. The Kier molecular flexibility index (Phi) is 5.47. The number of carbonyl (C=O) groups excluding carboxylic acids is 1. The number of nitrogens with zero attached hydrogens (tertiary/aromatic N) is 1. The van der Waals surface area contributed by atoms with E-state index in [0.29, 0.717) is 12.3 Å². The van der Waals surface area contributed by atoms with Gasteiger partial charge in [0.2, 0.25) is 5.91 Å². The molecule has 3 heteroatoms. The van der Waals surface area contributed by atoms with Crippen LogP contribution in [0.3, 0.4) is 0 Å². The summed E-state index contributed by atoms with van der Waals surface area (Å²) in [4.78, 5) is 14.3. The van der Waals surface area contributed by atoms with E-state index in [2.05, 4.69) is 13.8 Å². The number of hydrogen-bond acceptors (Lipinski definition) is 1. The molecule has 1 aliphatic rings. The summed E-state index contributed by atoms with van der Waals surface area (Å²) in [5.41, 5.74) is 1.18. The summed E-state index contributed by atoms with van der Waals surface area (Å²) >= 11 is 5.86. The lowest BCUT2D eigenvalue weighted by molar-refractivity contribution is -0.132. The lowest BCUT2D eigenvalue weighted by atomic mass is 9.86. The quantitative estimate of drug-likeness (QED) is 0.816. The van der Waals surface area contributed by atoms with Gasteiger partial charge in [0, 0.05) is 24.5 Å². The van der Waals surface area contributed by atoms with Gasteiger partial charge in [-0.05, 0) is 48.8 Å². The van der Waals surface area contributed by atoms with Gasteiger partial charge in [0.15, 0.2) is 0 Å². The first-order valence-electron chi connectivity index (χ1n) is 7.58. The first-order chi connectivity index (χ1) is 9.56. The molecule has 1 fully saturated rings. The van der Waals surface area contributed by atoms with E-state index in [1.54, 1.807) is 0 Å². The van der Waals surface area contributed by atoms with Crippen LogP contribution >= 0.6 is 11.6 Å². The molecule has 0 spiro atoms. The fourth-order valence-corrected chi connectivity index (χ4v) is 3.00. The van der Waals surface area contributed by atoms with Crippen molar-refractivity contribution < 1.29 is 4.79 Å². The number of halogens is 1. The molecule has 0 radical (unpaired) electrons. The second kappa shape index (κ2) is 7.12. The Balaban J connectivity index is 1.77. The number of aryl methyl sites for hydroxylation is 1. The van der Waals surface area contributed by atoms with Gasteiger partial charge in [-0.1, -0.05) is 37.6 Å². The Morgan fingerprint density at radius 3 is 2.40 bits per heavy atom. The van der Waals surface area contributed by atoms with Gasteiger partial charge in [-0.2, -0.15) is 0 Å². The van der Waals surface area contributed by atoms with Gasteiger partial charge in [0.05, 0.1) is 0 Å². The molecule has 0 aromatic heterocycles. The highest BCUT2D eigenvalue weighted by atomic mass is 35.5. The minimum absolute atomic E-state index is 0.294. The molecule has 1 heterocycles. The van der Waals surface area contributed by atoms with Crippen LogP contribution in [0.15, 0.2) is 24.3 Å². The largest absolute Gasteiger partial charge is 0.343 e. The van der Waals surface area contributed by atoms with Crippen molar-refractivity contribution in [3.63, 3.8) is 0 Å². The van der Waals surface area contributed by atoms with Gasteiger partial charge in [-0.3, -0.25) is 4.79 Å². The zero-order chi connectivity index (χ0) is 14.5. The maximum Gasteiger partial charge on any atom is 0.222 e. The highest BCUT2D eigenvalue weighted by molar-refractivity contribution is 6.30. The third-order valence-electron chi connectivity index (χ3n) is 4.38. The maximum absolute atomic E-state index is 12.2. The molecule has 2 nitrogen and oxygen atoms in total. The zero-order valence-corrected chi connectivity index (χ0v) is 13.2. The van der Waals surface area contributed by atoms with Crippen molar-refractivity contribution in [2.45, 2.75) is 39.5 Å². The highest BCUT2D eigenvalue weighted by Gasteiger charge is 2.24. The van der Waals surface area contributed by atoms with Gasteiger partial charge in [0.1, 0.15) is 0 Å². The van der Waals surface area contributed by atoms with Crippen molar-refractivity contribution in [3.8, 4) is 0 Å². The number of carbonyl (C=O) groups is 1. The van der Waals surface area contributed by atoms with Crippen LogP contribution in [0.25, 0.3) is 0 Å². The highest BCUT2D eigenvalue weighted by Crippen LogP contribution is 2.24. The number of rotatable bonds is 4. The zero-order valence-electron chi connectivity index (χ0n) is 12.4. The minimum Gasteiger partial charge on any atom is -0.343 e. The Bertz CT molecular complexity index is 433. The molecule has 1 amide bonds. The Morgan fingerprint density at radius 2 is 1.85 bits per heavy atom. The standard InChI is InChI=1S/C17H24ClNO/c1-13(2)15-9-11-19(12-10-15)17(20)8-5-14-3-6-16(18)7-4-14/h3-4,6-7,13,15H,5,8-12H2,1-2H3. The number of benzene rings is 1. The van der Waals surface area contributed by atoms with Crippen LogP contribution in [0, 0.1) is 11.8 Å². The Labute approximate surface area is 127 Å². The van der Waals surface area contributed by atoms with E-state index in [0.717, 1.165) is 49.2 Å². The second-order valence-corrected chi connectivity index (χ2v) is 6.53. The van der Waals surface area contributed by atoms with Gasteiger partial charge in [-0.25, -0.2) is 0 Å². The molecular formula is C17H24ClNO. The van der Waals surface area contributed by atoms with Crippen LogP contribution in [-0.4, -0.2) is 23.9 Å². The number of likely N-dealkylation sites (tertiary alicyclic amines) is 1. The first kappa shape index (κ1) is 15.4. The molecular weight excluding hydrogens is 270 g/mol. The van der Waals surface area contributed by atoms with E-state index in [4.69, 9.17) is 11.6 Å². The first-order valence-corrected chi connectivity index (χ1v) is 7.96. The van der Waals surface area contributed by atoms with Gasteiger partial charge in [0.25, 0.3) is 0 Å². The van der Waals surface area contributed by atoms with Gasteiger partial charge >= 0.3 is 0 Å². The summed E-state index contributed by atoms with van der Waals surface area (Å²) in [6.45, 7) is 6.43.